The molecular weight excluding hydrogens is 192 g/mol. The van der Waals surface area contributed by atoms with E-state index in [1.807, 2.05) is 25.1 Å². The van der Waals surface area contributed by atoms with Crippen LogP contribution in [0.3, 0.4) is 0 Å². The number of rotatable bonds is 2. The molecule has 15 heavy (non-hydrogen) atoms. The largest absolute Gasteiger partial charge is 0.496 e. The number of nitrogens with two attached hydrogens (primary N) is 1. The minimum absolute atomic E-state index is 0.402. The minimum Gasteiger partial charge on any atom is -0.496 e. The molecule has 0 saturated carbocycles. The summed E-state index contributed by atoms with van der Waals surface area (Å²) in [6, 6.07) is 5.81. The van der Waals surface area contributed by atoms with Crippen LogP contribution in [0.25, 0.3) is 11.1 Å². The smallest absolute Gasteiger partial charge is 0.174 e. The van der Waals surface area contributed by atoms with Gasteiger partial charge in [-0.3, -0.25) is 0 Å². The molecule has 1 aromatic heterocycles. The molecule has 0 bridgehead atoms. The summed E-state index contributed by atoms with van der Waals surface area (Å²) in [7, 11) is 1.65. The van der Waals surface area contributed by atoms with Crippen LogP contribution < -0.4 is 10.5 Å². The van der Waals surface area contributed by atoms with E-state index in [4.69, 9.17) is 15.0 Å². The third-order valence-corrected chi connectivity index (χ3v) is 2.30. The fourth-order valence-corrected chi connectivity index (χ4v) is 1.51. The highest BCUT2D eigenvalue weighted by atomic mass is 16.5. The molecule has 0 unspecified atom stereocenters. The van der Waals surface area contributed by atoms with Crippen molar-refractivity contribution in [3.8, 4) is 16.9 Å². The van der Waals surface area contributed by atoms with E-state index in [1.165, 1.54) is 6.26 Å². The van der Waals surface area contributed by atoms with E-state index in [-0.39, 0.29) is 0 Å². The zero-order valence-electron chi connectivity index (χ0n) is 8.65. The van der Waals surface area contributed by atoms with E-state index in [0.717, 1.165) is 22.4 Å². The Morgan fingerprint density at radius 1 is 1.40 bits per heavy atom. The van der Waals surface area contributed by atoms with E-state index in [1.54, 1.807) is 7.11 Å². The summed E-state index contributed by atoms with van der Waals surface area (Å²) in [4.78, 5) is 0. The van der Waals surface area contributed by atoms with Gasteiger partial charge in [0.05, 0.1) is 12.7 Å². The topological polar surface area (TPSA) is 61.3 Å². The Kier molecular flexibility index (Phi) is 2.33. The second-order valence-electron chi connectivity index (χ2n) is 3.30. The van der Waals surface area contributed by atoms with Crippen molar-refractivity contribution in [2.24, 2.45) is 0 Å². The predicted octanol–water partition coefficient (Wildman–Crippen LogP) is 2.24. The Morgan fingerprint density at radius 2 is 2.20 bits per heavy atom. The number of nitrogen functional groups attached to an aromatic ring is 1. The Morgan fingerprint density at radius 3 is 2.73 bits per heavy atom. The summed E-state index contributed by atoms with van der Waals surface area (Å²) in [6.45, 7) is 1.98. The molecule has 2 aromatic rings. The van der Waals surface area contributed by atoms with Crippen LogP contribution in [0.2, 0.25) is 0 Å². The van der Waals surface area contributed by atoms with Crippen LogP contribution in [0.1, 0.15) is 5.56 Å². The van der Waals surface area contributed by atoms with Crippen molar-refractivity contribution in [2.45, 2.75) is 6.92 Å². The number of aromatic nitrogens is 1. The monoisotopic (exact) mass is 204 g/mol. The SMILES string of the molecule is COc1ccc(-c2conc2N)cc1C. The highest BCUT2D eigenvalue weighted by Crippen LogP contribution is 2.28. The number of aryl methyl sites for hydroxylation is 1. The second kappa shape index (κ2) is 3.65. The molecule has 0 amide bonds. The molecule has 0 aliphatic rings. The third-order valence-electron chi connectivity index (χ3n) is 2.30. The Bertz CT molecular complexity index is 477. The first kappa shape index (κ1) is 9.58. The zero-order valence-corrected chi connectivity index (χ0v) is 8.65. The molecule has 4 heteroatoms. The second-order valence-corrected chi connectivity index (χ2v) is 3.30. The molecule has 1 heterocycles. The molecule has 0 radical (unpaired) electrons. The average molecular weight is 204 g/mol. The van der Waals surface area contributed by atoms with Crippen molar-refractivity contribution in [3.63, 3.8) is 0 Å². The van der Waals surface area contributed by atoms with Gasteiger partial charge in [0.1, 0.15) is 12.0 Å². The molecule has 78 valence electrons. The van der Waals surface area contributed by atoms with E-state index < -0.39 is 0 Å². The van der Waals surface area contributed by atoms with Gasteiger partial charge >= 0.3 is 0 Å². The molecule has 0 aliphatic carbocycles. The highest BCUT2D eigenvalue weighted by Gasteiger charge is 2.08. The number of methoxy groups -OCH3 is 1. The minimum atomic E-state index is 0.402. The standard InChI is InChI=1S/C11H12N2O2/c1-7-5-8(3-4-10(7)14-2)9-6-15-13-11(9)12/h3-6H,1-2H3,(H2,12,13). The van der Waals surface area contributed by atoms with Crippen LogP contribution in [0.4, 0.5) is 5.82 Å². The molecule has 2 rings (SSSR count). The Hall–Kier alpha value is -1.97. The molecule has 2 N–H and O–H groups in total. The van der Waals surface area contributed by atoms with Gasteiger partial charge in [-0.05, 0) is 30.2 Å². The van der Waals surface area contributed by atoms with Crippen LogP contribution in [0.15, 0.2) is 29.0 Å². The van der Waals surface area contributed by atoms with Crippen molar-refractivity contribution in [3.05, 3.63) is 30.0 Å². The van der Waals surface area contributed by atoms with Crippen LogP contribution in [0, 0.1) is 6.92 Å². The molecule has 1 aromatic carbocycles. The van der Waals surface area contributed by atoms with Crippen LogP contribution >= 0.6 is 0 Å². The fraction of sp³-hybridized carbons (Fsp3) is 0.182. The number of ether oxygens (including phenoxy) is 1. The third kappa shape index (κ3) is 1.66. The summed E-state index contributed by atoms with van der Waals surface area (Å²) in [5.74, 6) is 1.26. The van der Waals surface area contributed by atoms with Crippen LogP contribution in [-0.2, 0) is 0 Å². The lowest BCUT2D eigenvalue weighted by atomic mass is 10.1. The quantitative estimate of drug-likeness (QED) is 0.814. The van der Waals surface area contributed by atoms with Crippen molar-refractivity contribution in [2.75, 3.05) is 12.8 Å². The summed E-state index contributed by atoms with van der Waals surface area (Å²) < 4.78 is 9.97. The van der Waals surface area contributed by atoms with Gasteiger partial charge in [-0.25, -0.2) is 0 Å². The van der Waals surface area contributed by atoms with Crippen molar-refractivity contribution in [1.82, 2.24) is 5.16 Å². The van der Waals surface area contributed by atoms with Gasteiger partial charge in [0.25, 0.3) is 0 Å². The zero-order chi connectivity index (χ0) is 10.8. The first-order valence-corrected chi connectivity index (χ1v) is 4.57. The molecule has 0 atom stereocenters. The summed E-state index contributed by atoms with van der Waals surface area (Å²) >= 11 is 0. The number of hydrogen-bond donors (Lipinski definition) is 1. The summed E-state index contributed by atoms with van der Waals surface area (Å²) in [6.07, 6.45) is 1.54. The number of benzene rings is 1. The molecule has 4 nitrogen and oxygen atoms in total. The van der Waals surface area contributed by atoms with Gasteiger partial charge < -0.3 is 15.0 Å². The van der Waals surface area contributed by atoms with Crippen molar-refractivity contribution in [1.29, 1.82) is 0 Å². The first-order valence-electron chi connectivity index (χ1n) is 4.57. The molecule has 0 saturated heterocycles. The highest BCUT2D eigenvalue weighted by molar-refractivity contribution is 5.73. The van der Waals surface area contributed by atoms with Gasteiger partial charge in [0.2, 0.25) is 0 Å². The van der Waals surface area contributed by atoms with E-state index in [9.17, 15) is 0 Å². The lowest BCUT2D eigenvalue weighted by Crippen LogP contribution is -1.90. The summed E-state index contributed by atoms with van der Waals surface area (Å²) in [5, 5.41) is 3.64. The number of hydrogen-bond acceptors (Lipinski definition) is 4. The lowest BCUT2D eigenvalue weighted by Gasteiger charge is -2.05. The maximum absolute atomic E-state index is 5.66. The van der Waals surface area contributed by atoms with Crippen molar-refractivity contribution < 1.29 is 9.26 Å². The summed E-state index contributed by atoms with van der Waals surface area (Å²) in [5.41, 5.74) is 8.49. The van der Waals surface area contributed by atoms with Gasteiger partial charge in [0.15, 0.2) is 5.82 Å². The molecule has 0 spiro atoms. The predicted molar refractivity (Wildman–Crippen MR) is 57.6 cm³/mol. The van der Waals surface area contributed by atoms with E-state index in [0.29, 0.717) is 5.82 Å². The molecule has 0 fully saturated rings. The van der Waals surface area contributed by atoms with Crippen molar-refractivity contribution >= 4 is 5.82 Å². The number of anilines is 1. The fourth-order valence-electron chi connectivity index (χ4n) is 1.51. The van der Waals surface area contributed by atoms with E-state index >= 15 is 0 Å². The average Bonchev–Trinajstić information content (AvgIpc) is 2.64. The maximum atomic E-state index is 5.66. The molecular formula is C11H12N2O2. The lowest BCUT2D eigenvalue weighted by molar-refractivity contribution is 0.412. The van der Waals surface area contributed by atoms with Gasteiger partial charge in [-0.1, -0.05) is 11.2 Å². The van der Waals surface area contributed by atoms with Gasteiger partial charge in [-0.15, -0.1) is 0 Å². The Labute approximate surface area is 87.6 Å². The van der Waals surface area contributed by atoms with Gasteiger partial charge in [-0.2, -0.15) is 0 Å². The Balaban J connectivity index is 2.47. The number of nitrogens with zero attached hydrogens (tertiary/aromatic N) is 1. The van der Waals surface area contributed by atoms with Crippen LogP contribution in [0.5, 0.6) is 5.75 Å². The normalized spacial score (nSPS) is 10.3. The van der Waals surface area contributed by atoms with Crippen LogP contribution in [-0.4, -0.2) is 12.3 Å². The molecule has 0 aliphatic heterocycles. The van der Waals surface area contributed by atoms with Gasteiger partial charge in [0, 0.05) is 0 Å². The maximum Gasteiger partial charge on any atom is 0.174 e. The van der Waals surface area contributed by atoms with E-state index in [2.05, 4.69) is 5.16 Å². The first-order chi connectivity index (χ1) is 7.22.